The van der Waals surface area contributed by atoms with E-state index in [0.717, 1.165) is 5.56 Å². The van der Waals surface area contributed by atoms with Crippen molar-refractivity contribution in [2.24, 2.45) is 0 Å². The molecule has 1 aliphatic heterocycles. The summed E-state index contributed by atoms with van der Waals surface area (Å²) in [5, 5.41) is 1.19. The predicted octanol–water partition coefficient (Wildman–Crippen LogP) is 1.98. The maximum absolute atomic E-state index is 11.7. The van der Waals surface area contributed by atoms with Crippen molar-refractivity contribution in [1.29, 1.82) is 0 Å². The van der Waals surface area contributed by atoms with Crippen LogP contribution in [0.5, 0.6) is 0 Å². The molecule has 7 heteroatoms. The second kappa shape index (κ2) is 8.73. The van der Waals surface area contributed by atoms with E-state index in [1.54, 1.807) is 7.05 Å². The predicted molar refractivity (Wildman–Crippen MR) is 92.1 cm³/mol. The van der Waals surface area contributed by atoms with Crippen molar-refractivity contribution in [3.05, 3.63) is 35.9 Å². The van der Waals surface area contributed by atoms with E-state index in [1.165, 1.54) is 12.2 Å². The molecule has 1 amide bonds. The molecular formula is C18H28N2O5. The second-order valence-electron chi connectivity index (χ2n) is 6.42. The van der Waals surface area contributed by atoms with Crippen LogP contribution in [0.25, 0.3) is 0 Å². The van der Waals surface area contributed by atoms with Crippen LogP contribution in [0.4, 0.5) is 0 Å². The molecule has 140 valence electrons. The highest BCUT2D eigenvalue weighted by molar-refractivity contribution is 5.74. The molecule has 0 saturated carbocycles. The van der Waals surface area contributed by atoms with Crippen LogP contribution in [-0.4, -0.2) is 61.9 Å². The fourth-order valence-corrected chi connectivity index (χ4v) is 2.30. The van der Waals surface area contributed by atoms with Crippen LogP contribution < -0.4 is 0 Å². The first-order valence-corrected chi connectivity index (χ1v) is 8.33. The van der Waals surface area contributed by atoms with Crippen LogP contribution in [0, 0.1) is 0 Å². The first-order chi connectivity index (χ1) is 11.8. The topological polar surface area (TPSA) is 63.8 Å². The number of ether oxygens (including phenoxy) is 3. The average Bonchev–Trinajstić information content (AvgIpc) is 3.38. The van der Waals surface area contributed by atoms with Gasteiger partial charge in [-0.05, 0) is 26.5 Å². The maximum Gasteiger partial charge on any atom is 0.248 e. The van der Waals surface area contributed by atoms with E-state index in [2.05, 4.69) is 0 Å². The highest BCUT2D eigenvalue weighted by atomic mass is 16.8. The van der Waals surface area contributed by atoms with E-state index in [4.69, 9.17) is 19.0 Å². The molecule has 1 saturated heterocycles. The van der Waals surface area contributed by atoms with E-state index in [-0.39, 0.29) is 24.8 Å². The lowest BCUT2D eigenvalue weighted by Gasteiger charge is -2.34. The maximum atomic E-state index is 11.7. The number of hydroxylamine groups is 2. The van der Waals surface area contributed by atoms with Gasteiger partial charge in [-0.25, -0.2) is 9.96 Å². The zero-order chi connectivity index (χ0) is 18.4. The second-order valence-corrected chi connectivity index (χ2v) is 6.42. The molecule has 7 nitrogen and oxygen atoms in total. The first-order valence-electron chi connectivity index (χ1n) is 8.33. The highest BCUT2D eigenvalue weighted by Gasteiger charge is 2.48. The molecule has 2 unspecified atom stereocenters. The molecule has 2 rings (SSSR count). The zero-order valence-electron chi connectivity index (χ0n) is 15.6. The number of amides is 1. The van der Waals surface area contributed by atoms with Crippen molar-refractivity contribution in [1.82, 2.24) is 9.96 Å². The summed E-state index contributed by atoms with van der Waals surface area (Å²) < 4.78 is 17.2. The summed E-state index contributed by atoms with van der Waals surface area (Å²) in [4.78, 5) is 18.5. The molecule has 0 aliphatic carbocycles. The molecule has 0 bridgehead atoms. The van der Waals surface area contributed by atoms with Crippen molar-refractivity contribution < 1.29 is 23.8 Å². The van der Waals surface area contributed by atoms with Gasteiger partial charge in [0.25, 0.3) is 0 Å². The summed E-state index contributed by atoms with van der Waals surface area (Å²) in [6.45, 7) is 4.68. The number of carbonyl (C=O) groups is 1. The number of nitrogens with zero attached hydrogens (tertiary/aromatic N) is 2. The number of benzene rings is 1. The minimum absolute atomic E-state index is 0.132. The average molecular weight is 352 g/mol. The molecule has 0 N–H and O–H groups in total. The standard InChI is InChI=1S/C18H28N2O5/c1-18(2,24-12-11-15(21)20(4)22-5)19(3)16-17(25-16)23-13-14-9-7-6-8-10-14/h6-10,16-17H,11-13H2,1-5H3. The summed E-state index contributed by atoms with van der Waals surface area (Å²) in [6, 6.07) is 9.97. The lowest BCUT2D eigenvalue weighted by atomic mass is 10.2. The van der Waals surface area contributed by atoms with Crippen LogP contribution in [-0.2, 0) is 30.4 Å². The van der Waals surface area contributed by atoms with E-state index < -0.39 is 5.72 Å². The number of hydrogen-bond donors (Lipinski definition) is 0. The summed E-state index contributed by atoms with van der Waals surface area (Å²) in [6.07, 6.45) is -0.174. The van der Waals surface area contributed by atoms with Gasteiger partial charge in [0.15, 0.2) is 12.5 Å². The van der Waals surface area contributed by atoms with Gasteiger partial charge in [0.1, 0.15) is 5.72 Å². The van der Waals surface area contributed by atoms with Gasteiger partial charge >= 0.3 is 0 Å². The molecule has 25 heavy (non-hydrogen) atoms. The lowest BCUT2D eigenvalue weighted by molar-refractivity contribution is -0.175. The van der Waals surface area contributed by atoms with Gasteiger partial charge in [0.05, 0.1) is 26.7 Å². The largest absolute Gasteiger partial charge is 0.360 e. The van der Waals surface area contributed by atoms with Crippen LogP contribution in [0.2, 0.25) is 0 Å². The fourth-order valence-electron chi connectivity index (χ4n) is 2.30. The van der Waals surface area contributed by atoms with Gasteiger partial charge in [0.2, 0.25) is 5.91 Å². The number of hydrogen-bond acceptors (Lipinski definition) is 6. The quantitative estimate of drug-likeness (QED) is 0.364. The first kappa shape index (κ1) is 19.8. The summed E-state index contributed by atoms with van der Waals surface area (Å²) >= 11 is 0. The molecule has 0 aromatic heterocycles. The van der Waals surface area contributed by atoms with Gasteiger partial charge in [-0.2, -0.15) is 0 Å². The Labute approximate surface area is 149 Å². The Balaban J connectivity index is 1.72. The summed E-state index contributed by atoms with van der Waals surface area (Å²) in [7, 11) is 4.95. The number of rotatable bonds is 10. The van der Waals surface area contributed by atoms with E-state index in [9.17, 15) is 4.79 Å². The smallest absolute Gasteiger partial charge is 0.248 e. The van der Waals surface area contributed by atoms with Gasteiger partial charge < -0.3 is 14.2 Å². The number of likely N-dealkylation sites (N-methyl/N-ethyl adjacent to an activating group) is 1. The molecular weight excluding hydrogens is 324 g/mol. The van der Waals surface area contributed by atoms with E-state index in [1.807, 2.05) is 56.1 Å². The van der Waals surface area contributed by atoms with Crippen LogP contribution >= 0.6 is 0 Å². The van der Waals surface area contributed by atoms with Crippen molar-refractivity contribution in [2.45, 2.75) is 45.1 Å². The third-order valence-electron chi connectivity index (χ3n) is 4.31. The minimum atomic E-state index is -0.582. The van der Waals surface area contributed by atoms with Crippen LogP contribution in [0.3, 0.4) is 0 Å². The van der Waals surface area contributed by atoms with Crippen molar-refractivity contribution in [3.8, 4) is 0 Å². The Kier molecular flexibility index (Phi) is 6.92. The van der Waals surface area contributed by atoms with Crippen molar-refractivity contribution in [3.63, 3.8) is 0 Å². The molecule has 1 fully saturated rings. The third kappa shape index (κ3) is 5.76. The fraction of sp³-hybridized carbons (Fsp3) is 0.611. The molecule has 1 aromatic rings. The van der Waals surface area contributed by atoms with Crippen LogP contribution in [0.1, 0.15) is 25.8 Å². The monoisotopic (exact) mass is 352 g/mol. The van der Waals surface area contributed by atoms with Crippen molar-refractivity contribution in [2.75, 3.05) is 27.8 Å². The Morgan fingerprint density at radius 3 is 2.56 bits per heavy atom. The molecule has 0 spiro atoms. The molecule has 1 heterocycles. The van der Waals surface area contributed by atoms with Crippen LogP contribution in [0.15, 0.2) is 30.3 Å². The third-order valence-corrected chi connectivity index (χ3v) is 4.31. The Morgan fingerprint density at radius 1 is 1.24 bits per heavy atom. The summed E-state index contributed by atoms with van der Waals surface area (Å²) in [5.41, 5.74) is 0.525. The number of epoxide rings is 1. The van der Waals surface area contributed by atoms with Gasteiger partial charge in [-0.15, -0.1) is 0 Å². The summed E-state index contributed by atoms with van der Waals surface area (Å²) in [5.74, 6) is -0.132. The van der Waals surface area contributed by atoms with E-state index in [0.29, 0.717) is 13.2 Å². The molecule has 1 aliphatic rings. The molecule has 1 aromatic carbocycles. The normalized spacial score (nSPS) is 19.9. The Bertz CT molecular complexity index is 552. The van der Waals surface area contributed by atoms with Gasteiger partial charge in [0, 0.05) is 7.05 Å². The molecule has 2 atom stereocenters. The lowest BCUT2D eigenvalue weighted by Crippen LogP contribution is -2.46. The molecule has 0 radical (unpaired) electrons. The Hall–Kier alpha value is -1.51. The van der Waals surface area contributed by atoms with Crippen molar-refractivity contribution >= 4 is 5.91 Å². The van der Waals surface area contributed by atoms with Gasteiger partial charge in [-0.3, -0.25) is 9.63 Å². The SMILES string of the molecule is CON(C)C(=O)CCOC(C)(C)N(C)C1OC1OCc1ccccc1. The highest BCUT2D eigenvalue weighted by Crippen LogP contribution is 2.32. The Morgan fingerprint density at radius 2 is 1.92 bits per heavy atom. The number of carbonyl (C=O) groups excluding carboxylic acids is 1. The van der Waals surface area contributed by atoms with Gasteiger partial charge in [-0.1, -0.05) is 30.3 Å². The minimum Gasteiger partial charge on any atom is -0.360 e. The zero-order valence-corrected chi connectivity index (χ0v) is 15.6. The van der Waals surface area contributed by atoms with E-state index >= 15 is 0 Å².